The fraction of sp³-hybridized carbons (Fsp3) is 0.273. The summed E-state index contributed by atoms with van der Waals surface area (Å²) in [6.45, 7) is 1.25. The predicted octanol–water partition coefficient (Wildman–Crippen LogP) is 1.23. The van der Waals surface area contributed by atoms with E-state index in [9.17, 15) is 0 Å². The van der Waals surface area contributed by atoms with Gasteiger partial charge in [-0.05, 0) is 5.56 Å². The van der Waals surface area contributed by atoms with Crippen LogP contribution in [0.3, 0.4) is 0 Å². The van der Waals surface area contributed by atoms with E-state index in [1.165, 1.54) is 0 Å². The third kappa shape index (κ3) is 2.26. The fourth-order valence-corrected chi connectivity index (χ4v) is 1.38. The number of nitrogens with one attached hydrogen (secondary N) is 1. The van der Waals surface area contributed by atoms with Gasteiger partial charge < -0.3 is 10.1 Å². The van der Waals surface area contributed by atoms with Gasteiger partial charge in [-0.3, -0.25) is 0 Å². The summed E-state index contributed by atoms with van der Waals surface area (Å²) in [7, 11) is 0. The molecular formula is C11H11N3O. The van der Waals surface area contributed by atoms with E-state index in [2.05, 4.69) is 16.4 Å². The number of rotatable bonds is 2. The number of ether oxygens (including phenoxy) is 1. The number of hydrogen-bond acceptors (Lipinski definition) is 4. The summed E-state index contributed by atoms with van der Waals surface area (Å²) in [6, 6.07) is 11.8. The van der Waals surface area contributed by atoms with E-state index in [0.717, 1.165) is 5.56 Å². The molecule has 1 aromatic carbocycles. The molecule has 0 bridgehead atoms. The van der Waals surface area contributed by atoms with Gasteiger partial charge in [-0.2, -0.15) is 5.26 Å². The molecule has 0 radical (unpaired) electrons. The molecule has 1 N–H and O–H groups in total. The van der Waals surface area contributed by atoms with Crippen LogP contribution < -0.4 is 5.32 Å². The van der Waals surface area contributed by atoms with Crippen molar-refractivity contribution in [2.75, 3.05) is 13.2 Å². The molecule has 4 heteroatoms. The molecule has 1 unspecified atom stereocenters. The third-order valence-corrected chi connectivity index (χ3v) is 2.12. The van der Waals surface area contributed by atoms with Gasteiger partial charge in [0.25, 0.3) is 6.02 Å². The van der Waals surface area contributed by atoms with E-state index in [1.807, 2.05) is 30.3 Å². The molecule has 2 rings (SSSR count). The zero-order valence-corrected chi connectivity index (χ0v) is 8.18. The van der Waals surface area contributed by atoms with Crippen molar-refractivity contribution in [2.45, 2.75) is 6.04 Å². The Bertz CT molecular complexity index is 394. The Labute approximate surface area is 88.2 Å². The van der Waals surface area contributed by atoms with Gasteiger partial charge in [-0.25, -0.2) is 4.99 Å². The maximum absolute atomic E-state index is 9.02. The summed E-state index contributed by atoms with van der Waals surface area (Å²) < 4.78 is 5.19. The van der Waals surface area contributed by atoms with Gasteiger partial charge in [0.05, 0.1) is 12.6 Å². The third-order valence-electron chi connectivity index (χ3n) is 2.12. The van der Waals surface area contributed by atoms with Gasteiger partial charge in [0.2, 0.25) is 0 Å². The summed E-state index contributed by atoms with van der Waals surface area (Å²) in [4.78, 5) is 4.08. The van der Waals surface area contributed by atoms with Crippen LogP contribution in [0.4, 0.5) is 0 Å². The van der Waals surface area contributed by atoms with Crippen molar-refractivity contribution in [1.82, 2.24) is 5.32 Å². The molecule has 1 heterocycles. The van der Waals surface area contributed by atoms with E-state index in [1.54, 1.807) is 0 Å². The van der Waals surface area contributed by atoms with Crippen molar-refractivity contribution in [3.8, 4) is 6.07 Å². The Kier molecular flexibility index (Phi) is 2.84. The summed E-state index contributed by atoms with van der Waals surface area (Å²) in [5, 5.41) is 12.0. The number of amidine groups is 1. The second-order valence-electron chi connectivity index (χ2n) is 3.15. The van der Waals surface area contributed by atoms with Gasteiger partial charge in [0.1, 0.15) is 12.6 Å². The maximum atomic E-state index is 9.02. The molecule has 0 saturated heterocycles. The molecule has 1 aliphatic heterocycles. The van der Waals surface area contributed by atoms with E-state index in [0.29, 0.717) is 19.2 Å². The van der Waals surface area contributed by atoms with E-state index >= 15 is 0 Å². The van der Waals surface area contributed by atoms with E-state index < -0.39 is 6.04 Å². The van der Waals surface area contributed by atoms with E-state index in [-0.39, 0.29) is 0 Å². The van der Waals surface area contributed by atoms with Crippen molar-refractivity contribution < 1.29 is 4.74 Å². The second-order valence-corrected chi connectivity index (χ2v) is 3.15. The lowest BCUT2D eigenvalue weighted by Gasteiger charge is -2.11. The minimum atomic E-state index is -0.400. The second kappa shape index (κ2) is 4.47. The highest BCUT2D eigenvalue weighted by Crippen LogP contribution is 2.11. The highest BCUT2D eigenvalue weighted by molar-refractivity contribution is 5.75. The first-order valence-electron chi connectivity index (χ1n) is 4.78. The molecular weight excluding hydrogens is 190 g/mol. The highest BCUT2D eigenvalue weighted by Gasteiger charge is 2.14. The summed E-state index contributed by atoms with van der Waals surface area (Å²) in [5.41, 5.74) is 0.915. The molecule has 0 spiro atoms. The van der Waals surface area contributed by atoms with Crippen molar-refractivity contribution in [3.63, 3.8) is 0 Å². The molecule has 0 fully saturated rings. The Morgan fingerprint density at radius 1 is 1.40 bits per heavy atom. The average Bonchev–Trinajstić information content (AvgIpc) is 2.80. The average molecular weight is 201 g/mol. The first kappa shape index (κ1) is 9.53. The van der Waals surface area contributed by atoms with Crippen molar-refractivity contribution in [1.29, 1.82) is 5.26 Å². The standard InChI is InChI=1S/C11H11N3O/c12-8-10(9-4-2-1-3-5-9)14-11-13-6-7-15-11/h1-5,10H,6-7H2,(H,13,14). The van der Waals surface area contributed by atoms with Crippen LogP contribution in [-0.2, 0) is 4.74 Å². The van der Waals surface area contributed by atoms with Gasteiger partial charge in [0.15, 0.2) is 0 Å². The van der Waals surface area contributed by atoms with Crippen LogP contribution >= 0.6 is 0 Å². The molecule has 76 valence electrons. The Balaban J connectivity index is 2.08. The lowest BCUT2D eigenvalue weighted by atomic mass is 10.1. The monoisotopic (exact) mass is 201 g/mol. The van der Waals surface area contributed by atoms with Gasteiger partial charge in [-0.15, -0.1) is 0 Å². The van der Waals surface area contributed by atoms with Gasteiger partial charge in [0, 0.05) is 0 Å². The number of nitrogens with zero attached hydrogens (tertiary/aromatic N) is 2. The number of nitriles is 1. The van der Waals surface area contributed by atoms with Crippen molar-refractivity contribution in [2.24, 2.45) is 4.99 Å². The van der Waals surface area contributed by atoms with Gasteiger partial charge >= 0.3 is 0 Å². The number of hydrogen-bond donors (Lipinski definition) is 1. The number of aliphatic imine (C=N–C) groups is 1. The Hall–Kier alpha value is -2.02. The predicted molar refractivity (Wildman–Crippen MR) is 56.2 cm³/mol. The summed E-state index contributed by atoms with van der Waals surface area (Å²) in [6.07, 6.45) is 0. The van der Waals surface area contributed by atoms with Crippen LogP contribution in [0.1, 0.15) is 11.6 Å². The highest BCUT2D eigenvalue weighted by atomic mass is 16.5. The van der Waals surface area contributed by atoms with Crippen LogP contribution in [0.15, 0.2) is 35.3 Å². The topological polar surface area (TPSA) is 57.4 Å². The first-order valence-corrected chi connectivity index (χ1v) is 4.78. The molecule has 1 atom stereocenters. The molecule has 0 saturated carbocycles. The smallest absolute Gasteiger partial charge is 0.286 e. The van der Waals surface area contributed by atoms with Crippen LogP contribution in [0, 0.1) is 11.3 Å². The minimum absolute atomic E-state index is 0.400. The molecule has 15 heavy (non-hydrogen) atoms. The molecule has 4 nitrogen and oxygen atoms in total. The fourth-order valence-electron chi connectivity index (χ4n) is 1.38. The lowest BCUT2D eigenvalue weighted by molar-refractivity contribution is 0.329. The summed E-state index contributed by atoms with van der Waals surface area (Å²) in [5.74, 6) is 0. The van der Waals surface area contributed by atoms with Crippen LogP contribution in [0.5, 0.6) is 0 Å². The van der Waals surface area contributed by atoms with Crippen LogP contribution in [0.2, 0.25) is 0 Å². The van der Waals surface area contributed by atoms with Gasteiger partial charge in [-0.1, -0.05) is 30.3 Å². The molecule has 0 aromatic heterocycles. The Morgan fingerprint density at radius 2 is 2.20 bits per heavy atom. The zero-order chi connectivity index (χ0) is 10.5. The normalized spacial score (nSPS) is 16.1. The molecule has 1 aliphatic rings. The molecule has 0 amide bonds. The molecule has 0 aliphatic carbocycles. The minimum Gasteiger partial charge on any atom is -0.463 e. The van der Waals surface area contributed by atoms with Crippen molar-refractivity contribution >= 4 is 6.02 Å². The van der Waals surface area contributed by atoms with Crippen LogP contribution in [0.25, 0.3) is 0 Å². The maximum Gasteiger partial charge on any atom is 0.286 e. The molecule has 1 aromatic rings. The first-order chi connectivity index (χ1) is 7.40. The van der Waals surface area contributed by atoms with Crippen molar-refractivity contribution in [3.05, 3.63) is 35.9 Å². The quantitative estimate of drug-likeness (QED) is 0.782. The summed E-state index contributed by atoms with van der Waals surface area (Å²) >= 11 is 0. The van der Waals surface area contributed by atoms with E-state index in [4.69, 9.17) is 10.00 Å². The zero-order valence-electron chi connectivity index (χ0n) is 8.18. The Morgan fingerprint density at radius 3 is 2.80 bits per heavy atom. The lowest BCUT2D eigenvalue weighted by Crippen LogP contribution is -2.27. The largest absolute Gasteiger partial charge is 0.463 e. The number of benzene rings is 1. The van der Waals surface area contributed by atoms with Crippen LogP contribution in [-0.4, -0.2) is 19.2 Å². The SMILES string of the molecule is N#CC(NC1=NCCO1)c1ccccc1.